The lowest BCUT2D eigenvalue weighted by atomic mass is 10.1. The molecule has 7 nitrogen and oxygen atoms in total. The molecule has 0 aromatic heterocycles. The second-order valence-electron chi connectivity index (χ2n) is 6.71. The maximum atomic E-state index is 14.6. The van der Waals surface area contributed by atoms with Crippen LogP contribution in [0.1, 0.15) is 24.2 Å². The molecule has 0 saturated carbocycles. The van der Waals surface area contributed by atoms with Crippen molar-refractivity contribution in [2.24, 2.45) is 0 Å². The number of carbonyl (C=O) groups excluding carboxylic acids is 2. The van der Waals surface area contributed by atoms with Crippen molar-refractivity contribution in [1.29, 1.82) is 5.26 Å². The number of benzene rings is 2. The van der Waals surface area contributed by atoms with E-state index in [9.17, 15) is 41.0 Å². The maximum absolute atomic E-state index is 14.6. The number of hydrogen-bond donors (Lipinski definition) is 3. The van der Waals surface area contributed by atoms with Gasteiger partial charge < -0.3 is 20.5 Å². The summed E-state index contributed by atoms with van der Waals surface area (Å²) in [5.74, 6) is -8.13. The summed E-state index contributed by atoms with van der Waals surface area (Å²) in [4.78, 5) is 24.6. The monoisotopic (exact) mass is 487 g/mol. The predicted octanol–water partition coefficient (Wildman–Crippen LogP) is 4.98. The van der Waals surface area contributed by atoms with Crippen LogP contribution in [-0.4, -0.2) is 29.2 Å². The van der Waals surface area contributed by atoms with Crippen molar-refractivity contribution < 1.29 is 45.8 Å². The molecule has 0 unspecified atom stereocenters. The van der Waals surface area contributed by atoms with Crippen molar-refractivity contribution >= 4 is 23.2 Å². The van der Waals surface area contributed by atoms with Gasteiger partial charge in [-0.1, -0.05) is 6.07 Å². The average Bonchev–Trinajstić information content (AvgIpc) is 2.72. The molecule has 34 heavy (non-hydrogen) atoms. The number of aliphatic hydroxyl groups excluding tert-OH is 1. The van der Waals surface area contributed by atoms with E-state index in [1.165, 1.54) is 6.07 Å². The number of para-hydroxylation sites is 1. The lowest BCUT2D eigenvalue weighted by Crippen LogP contribution is -2.32. The number of ether oxygens (including phenoxy) is 1. The zero-order chi connectivity index (χ0) is 25.8. The minimum Gasteiger partial charge on any atom is -0.511 e. The largest absolute Gasteiger partial charge is 0.511 e. The number of rotatable bonds is 6. The molecule has 0 fully saturated rings. The first-order chi connectivity index (χ1) is 15.8. The molecule has 2 rings (SSSR count). The Hall–Kier alpha value is -4.21. The molecule has 13 heteroatoms. The Bertz CT molecular complexity index is 1180. The van der Waals surface area contributed by atoms with Gasteiger partial charge in [-0.15, -0.1) is 0 Å². The summed E-state index contributed by atoms with van der Waals surface area (Å²) in [5, 5.41) is 21.9. The summed E-state index contributed by atoms with van der Waals surface area (Å²) in [6.07, 6.45) is -7.44. The molecule has 2 aromatic rings. The van der Waals surface area contributed by atoms with Gasteiger partial charge in [-0.3, -0.25) is 9.59 Å². The Morgan fingerprint density at radius 3 is 2.18 bits per heavy atom. The molecule has 2 amide bonds. The highest BCUT2D eigenvalue weighted by Crippen LogP contribution is 2.32. The van der Waals surface area contributed by atoms with Gasteiger partial charge in [0.15, 0.2) is 11.7 Å². The summed E-state index contributed by atoms with van der Waals surface area (Å²) in [6.45, 7) is 1.56. The minimum atomic E-state index is -4.92. The highest BCUT2D eigenvalue weighted by molar-refractivity contribution is 6.09. The van der Waals surface area contributed by atoms with Gasteiger partial charge in [-0.2, -0.15) is 18.4 Å². The smallest absolute Gasteiger partial charge is 0.425 e. The van der Waals surface area contributed by atoms with Gasteiger partial charge in [0.25, 0.3) is 11.8 Å². The van der Waals surface area contributed by atoms with Crippen LogP contribution in [0.5, 0.6) is 5.75 Å². The van der Waals surface area contributed by atoms with E-state index in [0.29, 0.717) is 19.1 Å². The first kappa shape index (κ1) is 26.0. The molecular weight excluding hydrogens is 472 g/mol. The zero-order valence-corrected chi connectivity index (χ0v) is 17.4. The van der Waals surface area contributed by atoms with E-state index in [1.54, 1.807) is 5.32 Å². The summed E-state index contributed by atoms with van der Waals surface area (Å²) < 4.78 is 86.1. The molecule has 0 heterocycles. The van der Waals surface area contributed by atoms with E-state index in [0.717, 1.165) is 25.1 Å². The first-order valence-corrected chi connectivity index (χ1v) is 9.19. The molecule has 180 valence electrons. The van der Waals surface area contributed by atoms with Gasteiger partial charge in [-0.05, 0) is 32.0 Å². The normalized spacial score (nSPS) is 12.8. The standard InChI is InChI=1S/C21H15F6N3O4/c1-9(31)12(8-28)20(33)29-16-7-17(34-10(2)21(25,26)27)11(6-15(16)24)19(32)30-18-13(22)4-3-5-14(18)23/h3-7,10,31H,1-2H3,(H,29,33)(H,30,32)/t10-/m0/s1. The van der Waals surface area contributed by atoms with Crippen molar-refractivity contribution in [2.45, 2.75) is 26.1 Å². The van der Waals surface area contributed by atoms with Gasteiger partial charge in [0.05, 0.1) is 11.3 Å². The lowest BCUT2D eigenvalue weighted by molar-refractivity contribution is -0.189. The molecule has 0 saturated heterocycles. The third-order valence-corrected chi connectivity index (χ3v) is 4.23. The molecule has 0 bridgehead atoms. The number of aliphatic hydroxyl groups is 1. The van der Waals surface area contributed by atoms with Gasteiger partial charge >= 0.3 is 6.18 Å². The van der Waals surface area contributed by atoms with Crippen molar-refractivity contribution in [3.63, 3.8) is 0 Å². The number of amides is 2. The second kappa shape index (κ2) is 10.2. The fourth-order valence-electron chi connectivity index (χ4n) is 2.46. The topological polar surface area (TPSA) is 111 Å². The SMILES string of the molecule is CC(O)=C(C#N)C(=O)Nc1cc(O[C@@H](C)C(F)(F)F)c(C(=O)Nc2c(F)cccc2F)cc1F. The van der Waals surface area contributed by atoms with Crippen LogP contribution in [0.2, 0.25) is 0 Å². The second-order valence-corrected chi connectivity index (χ2v) is 6.71. The van der Waals surface area contributed by atoms with Crippen LogP contribution in [0.25, 0.3) is 0 Å². The van der Waals surface area contributed by atoms with Crippen LogP contribution in [0.4, 0.5) is 37.7 Å². The van der Waals surface area contributed by atoms with Gasteiger partial charge in [0.1, 0.15) is 40.7 Å². The molecule has 0 aliphatic heterocycles. The number of carbonyl (C=O) groups is 2. The van der Waals surface area contributed by atoms with E-state index >= 15 is 0 Å². The van der Waals surface area contributed by atoms with Gasteiger partial charge in [-0.25, -0.2) is 13.2 Å². The van der Waals surface area contributed by atoms with Gasteiger partial charge in [0.2, 0.25) is 0 Å². The molecule has 0 radical (unpaired) electrons. The molecule has 2 aromatic carbocycles. The molecule has 0 aliphatic carbocycles. The third kappa shape index (κ3) is 5.97. The van der Waals surface area contributed by atoms with Crippen molar-refractivity contribution in [1.82, 2.24) is 0 Å². The van der Waals surface area contributed by atoms with E-state index in [-0.39, 0.29) is 0 Å². The molecule has 0 aliphatic rings. The van der Waals surface area contributed by atoms with Crippen LogP contribution in [0.3, 0.4) is 0 Å². The fourth-order valence-corrected chi connectivity index (χ4v) is 2.46. The van der Waals surface area contributed by atoms with Crippen molar-refractivity contribution in [3.05, 3.63) is 64.7 Å². The quantitative estimate of drug-likeness (QED) is 0.230. The van der Waals surface area contributed by atoms with E-state index in [1.807, 2.05) is 5.32 Å². The number of nitrogens with one attached hydrogen (secondary N) is 2. The molecule has 3 N–H and O–H groups in total. The average molecular weight is 487 g/mol. The number of halogens is 6. The van der Waals surface area contributed by atoms with Gasteiger partial charge in [0, 0.05) is 6.07 Å². The summed E-state index contributed by atoms with van der Waals surface area (Å²) in [6, 6.07) is 4.82. The van der Waals surface area contributed by atoms with Crippen LogP contribution < -0.4 is 15.4 Å². The Morgan fingerprint density at radius 1 is 1.09 bits per heavy atom. The van der Waals surface area contributed by atoms with E-state index < -0.39 is 75.6 Å². The summed E-state index contributed by atoms with van der Waals surface area (Å²) in [7, 11) is 0. The fraction of sp³-hybridized carbons (Fsp3) is 0.190. The highest BCUT2D eigenvalue weighted by Gasteiger charge is 2.39. The number of allylic oxidation sites excluding steroid dienone is 1. The molecule has 1 atom stereocenters. The van der Waals surface area contributed by atoms with Crippen molar-refractivity contribution in [2.75, 3.05) is 10.6 Å². The van der Waals surface area contributed by atoms with Crippen LogP contribution in [-0.2, 0) is 4.79 Å². The van der Waals surface area contributed by atoms with Crippen LogP contribution in [0, 0.1) is 28.8 Å². The Balaban J connectivity index is 2.54. The highest BCUT2D eigenvalue weighted by atomic mass is 19.4. The Kier molecular flexibility index (Phi) is 7.78. The number of alkyl halides is 3. The van der Waals surface area contributed by atoms with Crippen LogP contribution in [0.15, 0.2) is 41.7 Å². The molecular formula is C21H15F6N3O4. The summed E-state index contributed by atoms with van der Waals surface area (Å²) in [5.41, 5.74) is -3.45. The number of anilines is 2. The predicted molar refractivity (Wildman–Crippen MR) is 106 cm³/mol. The van der Waals surface area contributed by atoms with E-state index in [4.69, 9.17) is 10.00 Å². The van der Waals surface area contributed by atoms with E-state index in [2.05, 4.69) is 0 Å². The Labute approximate surface area is 188 Å². The zero-order valence-electron chi connectivity index (χ0n) is 17.4. The number of nitriles is 1. The number of nitrogens with zero attached hydrogens (tertiary/aromatic N) is 1. The maximum Gasteiger partial charge on any atom is 0.425 e. The molecule has 0 spiro atoms. The van der Waals surface area contributed by atoms with Crippen LogP contribution >= 0.6 is 0 Å². The summed E-state index contributed by atoms with van der Waals surface area (Å²) >= 11 is 0. The lowest BCUT2D eigenvalue weighted by Gasteiger charge is -2.21. The first-order valence-electron chi connectivity index (χ1n) is 9.19. The minimum absolute atomic E-state index is 0.365. The Morgan fingerprint density at radius 2 is 1.68 bits per heavy atom. The third-order valence-electron chi connectivity index (χ3n) is 4.23. The number of hydrogen-bond acceptors (Lipinski definition) is 5. The van der Waals surface area contributed by atoms with Crippen molar-refractivity contribution in [3.8, 4) is 11.8 Å².